The van der Waals surface area contributed by atoms with Gasteiger partial charge in [0.15, 0.2) is 18.2 Å². The molecule has 0 amide bonds. The summed E-state index contributed by atoms with van der Waals surface area (Å²) in [6.07, 6.45) is 0.923. The minimum atomic E-state index is 0.0295. The fourth-order valence-electron chi connectivity index (χ4n) is 2.16. The normalized spacial score (nSPS) is 17.9. The SMILES string of the molecule is CC(=O)c1ccc(OCc2nc(C3CCOC3)no2)cc1. The van der Waals surface area contributed by atoms with Gasteiger partial charge in [0.05, 0.1) is 6.61 Å². The number of carbonyl (C=O) groups is 1. The standard InChI is InChI=1S/C15H16N2O4/c1-10(18)11-2-4-13(5-3-11)20-9-14-16-15(17-21-14)12-6-7-19-8-12/h2-5,12H,6-9H2,1H3. The maximum Gasteiger partial charge on any atom is 0.264 e. The molecular weight excluding hydrogens is 272 g/mol. The van der Waals surface area contributed by atoms with Crippen LogP contribution in [0, 0.1) is 0 Å². The molecule has 3 rings (SSSR count). The van der Waals surface area contributed by atoms with Gasteiger partial charge in [-0.1, -0.05) is 5.16 Å². The van der Waals surface area contributed by atoms with Crippen LogP contribution in [0.15, 0.2) is 28.8 Å². The summed E-state index contributed by atoms with van der Waals surface area (Å²) in [6.45, 7) is 3.13. The second-order valence-electron chi connectivity index (χ2n) is 4.98. The Balaban J connectivity index is 1.58. The maximum atomic E-state index is 11.2. The van der Waals surface area contributed by atoms with E-state index in [9.17, 15) is 4.79 Å². The Morgan fingerprint density at radius 2 is 2.19 bits per heavy atom. The zero-order chi connectivity index (χ0) is 14.7. The van der Waals surface area contributed by atoms with E-state index in [1.807, 2.05) is 0 Å². The summed E-state index contributed by atoms with van der Waals surface area (Å²) in [5, 5.41) is 3.96. The zero-order valence-corrected chi connectivity index (χ0v) is 11.7. The second kappa shape index (κ2) is 6.05. The third-order valence-corrected chi connectivity index (χ3v) is 3.40. The van der Waals surface area contributed by atoms with Crippen molar-refractivity contribution in [3.05, 3.63) is 41.5 Å². The number of nitrogens with zero attached hydrogens (tertiary/aromatic N) is 2. The summed E-state index contributed by atoms with van der Waals surface area (Å²) >= 11 is 0. The van der Waals surface area contributed by atoms with E-state index in [0.717, 1.165) is 13.0 Å². The Labute approximate surface area is 122 Å². The summed E-state index contributed by atoms with van der Waals surface area (Å²) in [4.78, 5) is 15.5. The van der Waals surface area contributed by atoms with E-state index in [4.69, 9.17) is 14.0 Å². The van der Waals surface area contributed by atoms with E-state index in [1.165, 1.54) is 6.92 Å². The van der Waals surface area contributed by atoms with Gasteiger partial charge < -0.3 is 14.0 Å². The quantitative estimate of drug-likeness (QED) is 0.786. The lowest BCUT2D eigenvalue weighted by atomic mass is 10.1. The molecule has 0 spiro atoms. The van der Waals surface area contributed by atoms with Crippen molar-refractivity contribution in [3.63, 3.8) is 0 Å². The van der Waals surface area contributed by atoms with E-state index < -0.39 is 0 Å². The molecule has 0 saturated carbocycles. The first-order valence-electron chi connectivity index (χ1n) is 6.86. The third kappa shape index (κ3) is 3.28. The van der Waals surface area contributed by atoms with Crippen LogP contribution in [0.3, 0.4) is 0 Å². The van der Waals surface area contributed by atoms with Gasteiger partial charge >= 0.3 is 0 Å². The molecule has 21 heavy (non-hydrogen) atoms. The number of hydrogen-bond donors (Lipinski definition) is 0. The molecule has 6 heteroatoms. The molecular formula is C15H16N2O4. The lowest BCUT2D eigenvalue weighted by molar-refractivity contribution is 0.101. The van der Waals surface area contributed by atoms with Crippen LogP contribution in [0.25, 0.3) is 0 Å². The van der Waals surface area contributed by atoms with Gasteiger partial charge in [0.25, 0.3) is 5.89 Å². The highest BCUT2D eigenvalue weighted by Crippen LogP contribution is 2.22. The van der Waals surface area contributed by atoms with Gasteiger partial charge in [0.2, 0.25) is 0 Å². The van der Waals surface area contributed by atoms with Gasteiger partial charge in [-0.25, -0.2) is 0 Å². The van der Waals surface area contributed by atoms with Crippen molar-refractivity contribution in [2.75, 3.05) is 13.2 Å². The van der Waals surface area contributed by atoms with Crippen molar-refractivity contribution >= 4 is 5.78 Å². The number of aromatic nitrogens is 2. The maximum absolute atomic E-state index is 11.2. The second-order valence-corrected chi connectivity index (χ2v) is 4.98. The number of hydrogen-bond acceptors (Lipinski definition) is 6. The first kappa shape index (κ1) is 13.8. The number of ketones is 1. The lowest BCUT2D eigenvalue weighted by Crippen LogP contribution is -2.01. The Bertz CT molecular complexity index is 615. The van der Waals surface area contributed by atoms with Crippen LogP contribution >= 0.6 is 0 Å². The fraction of sp³-hybridized carbons (Fsp3) is 0.400. The highest BCUT2D eigenvalue weighted by atomic mass is 16.5. The van der Waals surface area contributed by atoms with Crippen molar-refractivity contribution in [2.45, 2.75) is 25.9 Å². The molecule has 1 saturated heterocycles. The van der Waals surface area contributed by atoms with Crippen molar-refractivity contribution < 1.29 is 18.8 Å². The number of ether oxygens (including phenoxy) is 2. The van der Waals surface area contributed by atoms with Crippen molar-refractivity contribution in [3.8, 4) is 5.75 Å². The topological polar surface area (TPSA) is 74.5 Å². The third-order valence-electron chi connectivity index (χ3n) is 3.40. The molecule has 0 bridgehead atoms. The summed E-state index contributed by atoms with van der Waals surface area (Å²) < 4.78 is 16.0. The molecule has 2 heterocycles. The van der Waals surface area contributed by atoms with Crippen LogP contribution in [0.1, 0.15) is 41.3 Å². The van der Waals surface area contributed by atoms with E-state index >= 15 is 0 Å². The van der Waals surface area contributed by atoms with Crippen LogP contribution in [0.2, 0.25) is 0 Å². The Kier molecular flexibility index (Phi) is 3.96. The molecule has 1 aromatic heterocycles. The molecule has 0 aliphatic carbocycles. The Hall–Kier alpha value is -2.21. The minimum absolute atomic E-state index is 0.0295. The van der Waals surface area contributed by atoms with Gasteiger partial charge in [-0.2, -0.15) is 4.98 Å². The fourth-order valence-corrected chi connectivity index (χ4v) is 2.16. The van der Waals surface area contributed by atoms with E-state index in [2.05, 4.69) is 10.1 Å². The Morgan fingerprint density at radius 1 is 1.38 bits per heavy atom. The minimum Gasteiger partial charge on any atom is -0.484 e. The smallest absolute Gasteiger partial charge is 0.264 e. The lowest BCUT2D eigenvalue weighted by Gasteiger charge is -2.03. The molecule has 1 aliphatic heterocycles. The summed E-state index contributed by atoms with van der Waals surface area (Å²) in [6, 6.07) is 6.96. The van der Waals surface area contributed by atoms with Gasteiger partial charge in [0.1, 0.15) is 5.75 Å². The van der Waals surface area contributed by atoms with Crippen molar-refractivity contribution in [1.29, 1.82) is 0 Å². The van der Waals surface area contributed by atoms with E-state index in [1.54, 1.807) is 24.3 Å². The van der Waals surface area contributed by atoms with Crippen LogP contribution in [-0.2, 0) is 11.3 Å². The van der Waals surface area contributed by atoms with Gasteiger partial charge in [-0.3, -0.25) is 4.79 Å². The number of benzene rings is 1. The van der Waals surface area contributed by atoms with Crippen LogP contribution < -0.4 is 4.74 Å². The molecule has 0 N–H and O–H groups in total. The molecule has 0 radical (unpaired) electrons. The monoisotopic (exact) mass is 288 g/mol. The summed E-state index contributed by atoms with van der Waals surface area (Å²) in [7, 11) is 0. The number of rotatable bonds is 5. The first-order valence-corrected chi connectivity index (χ1v) is 6.86. The largest absolute Gasteiger partial charge is 0.484 e. The van der Waals surface area contributed by atoms with Gasteiger partial charge in [-0.05, 0) is 37.6 Å². The van der Waals surface area contributed by atoms with Crippen LogP contribution in [0.5, 0.6) is 5.75 Å². The Morgan fingerprint density at radius 3 is 2.86 bits per heavy atom. The van der Waals surface area contributed by atoms with Gasteiger partial charge in [-0.15, -0.1) is 0 Å². The predicted molar refractivity (Wildman–Crippen MR) is 73.3 cm³/mol. The molecule has 1 atom stereocenters. The molecule has 6 nitrogen and oxygen atoms in total. The summed E-state index contributed by atoms with van der Waals surface area (Å²) in [5.74, 6) is 2.02. The predicted octanol–water partition coefficient (Wildman–Crippen LogP) is 2.36. The highest BCUT2D eigenvalue weighted by molar-refractivity contribution is 5.94. The van der Waals surface area contributed by atoms with Crippen LogP contribution in [0.4, 0.5) is 0 Å². The first-order chi connectivity index (χ1) is 10.2. The number of carbonyl (C=O) groups excluding carboxylic acids is 1. The van der Waals surface area contributed by atoms with Crippen molar-refractivity contribution in [2.24, 2.45) is 0 Å². The van der Waals surface area contributed by atoms with Gasteiger partial charge in [0, 0.05) is 18.1 Å². The molecule has 1 aromatic carbocycles. The summed E-state index contributed by atoms with van der Waals surface area (Å²) in [5.41, 5.74) is 0.656. The molecule has 1 fully saturated rings. The average molecular weight is 288 g/mol. The van der Waals surface area contributed by atoms with Crippen molar-refractivity contribution in [1.82, 2.24) is 10.1 Å². The van der Waals surface area contributed by atoms with E-state index in [-0.39, 0.29) is 18.3 Å². The average Bonchev–Trinajstić information content (AvgIpc) is 3.16. The zero-order valence-electron chi connectivity index (χ0n) is 11.7. The number of Topliss-reactive ketones (excluding diaryl/α,β-unsaturated/α-hetero) is 1. The molecule has 1 aliphatic rings. The molecule has 2 aromatic rings. The molecule has 1 unspecified atom stereocenters. The van der Waals surface area contributed by atoms with E-state index in [0.29, 0.717) is 29.6 Å². The van der Waals surface area contributed by atoms with Crippen LogP contribution in [-0.4, -0.2) is 29.1 Å². The highest BCUT2D eigenvalue weighted by Gasteiger charge is 2.23. The molecule has 110 valence electrons.